The van der Waals surface area contributed by atoms with Gasteiger partial charge in [0.2, 0.25) is 0 Å². The van der Waals surface area contributed by atoms with E-state index in [0.29, 0.717) is 6.54 Å². The first-order valence-electron chi connectivity index (χ1n) is 10.2. The van der Waals surface area contributed by atoms with E-state index in [2.05, 4.69) is 58.9 Å². The molecular weight excluding hydrogens is 368 g/mol. The maximum absolute atomic E-state index is 4.62. The molecule has 4 nitrogen and oxygen atoms in total. The van der Waals surface area contributed by atoms with Crippen LogP contribution in [0.15, 0.2) is 94.7 Å². The van der Waals surface area contributed by atoms with E-state index in [9.17, 15) is 0 Å². The Labute approximate surface area is 179 Å². The van der Waals surface area contributed by atoms with Crippen molar-refractivity contribution in [3.8, 4) is 0 Å². The first-order chi connectivity index (χ1) is 14.6. The number of aryl methyl sites for hydroxylation is 1. The number of hydrogen-bond donors (Lipinski definition) is 0. The first kappa shape index (κ1) is 21.3. The molecule has 0 N–H and O–H groups in total. The summed E-state index contributed by atoms with van der Waals surface area (Å²) in [4.78, 5) is 17.7. The van der Waals surface area contributed by atoms with Gasteiger partial charge in [0.15, 0.2) is 0 Å². The number of para-hydroxylation sites is 1. The summed E-state index contributed by atoms with van der Waals surface area (Å²) in [6, 6.07) is 20.1. The Balaban J connectivity index is 0.000000196. The van der Waals surface area contributed by atoms with Gasteiger partial charge < -0.3 is 0 Å². The number of allylic oxidation sites excluding steroid dienone is 2. The summed E-state index contributed by atoms with van der Waals surface area (Å²) in [5, 5.41) is 0. The van der Waals surface area contributed by atoms with E-state index in [4.69, 9.17) is 0 Å². The van der Waals surface area contributed by atoms with Crippen molar-refractivity contribution in [1.82, 2.24) is 9.97 Å². The van der Waals surface area contributed by atoms with Crippen LogP contribution in [-0.2, 0) is 13.0 Å². The summed E-state index contributed by atoms with van der Waals surface area (Å²) >= 11 is 0. The van der Waals surface area contributed by atoms with E-state index in [1.807, 2.05) is 48.5 Å². The monoisotopic (exact) mass is 396 g/mol. The highest BCUT2D eigenvalue weighted by atomic mass is 14.8. The van der Waals surface area contributed by atoms with Gasteiger partial charge in [-0.15, -0.1) is 0 Å². The van der Waals surface area contributed by atoms with Crippen LogP contribution in [0.25, 0.3) is 0 Å². The topological polar surface area (TPSA) is 50.5 Å². The minimum absolute atomic E-state index is 0.566. The third kappa shape index (κ3) is 6.59. The van der Waals surface area contributed by atoms with E-state index in [1.165, 1.54) is 16.8 Å². The normalized spacial score (nSPS) is 12.8. The van der Waals surface area contributed by atoms with Crippen LogP contribution in [0.5, 0.6) is 0 Å². The van der Waals surface area contributed by atoms with E-state index in [-0.39, 0.29) is 0 Å². The molecule has 0 bridgehead atoms. The van der Waals surface area contributed by atoms with Crippen LogP contribution < -0.4 is 0 Å². The maximum Gasteiger partial charge on any atom is 0.0881 e. The van der Waals surface area contributed by atoms with Gasteiger partial charge in [0.05, 0.1) is 29.3 Å². The minimum atomic E-state index is 0.566. The number of hydrogen-bond acceptors (Lipinski definition) is 4. The number of fused-ring (bicyclic) bond motifs is 1. The summed E-state index contributed by atoms with van der Waals surface area (Å²) in [5.74, 6) is 0. The third-order valence-corrected chi connectivity index (χ3v) is 4.55. The van der Waals surface area contributed by atoms with Gasteiger partial charge in [-0.1, -0.05) is 35.9 Å². The second-order valence-electron chi connectivity index (χ2n) is 7.43. The fourth-order valence-corrected chi connectivity index (χ4v) is 3.05. The van der Waals surface area contributed by atoms with E-state index >= 15 is 0 Å². The molecule has 0 atom stereocenters. The Bertz CT molecular complexity index is 1030. The quantitative estimate of drug-likeness (QED) is 0.496. The molecule has 0 amide bonds. The van der Waals surface area contributed by atoms with Crippen molar-refractivity contribution in [2.75, 3.05) is 0 Å². The van der Waals surface area contributed by atoms with Gasteiger partial charge in [-0.3, -0.25) is 20.0 Å². The smallest absolute Gasteiger partial charge is 0.0881 e. The molecule has 0 saturated carbocycles. The van der Waals surface area contributed by atoms with Crippen molar-refractivity contribution in [3.63, 3.8) is 0 Å². The Morgan fingerprint density at radius 3 is 2.33 bits per heavy atom. The van der Waals surface area contributed by atoms with E-state index in [0.717, 1.165) is 35.6 Å². The summed E-state index contributed by atoms with van der Waals surface area (Å²) in [6.07, 6.45) is 7.89. The Hall–Kier alpha value is -3.40. The molecular formula is C26H28N4. The van der Waals surface area contributed by atoms with E-state index in [1.54, 1.807) is 12.4 Å². The molecule has 30 heavy (non-hydrogen) atoms. The average Bonchev–Trinajstić information content (AvgIpc) is 2.78. The predicted molar refractivity (Wildman–Crippen MR) is 126 cm³/mol. The molecule has 1 aromatic carbocycles. The van der Waals surface area contributed by atoms with Gasteiger partial charge in [-0.25, -0.2) is 0 Å². The molecule has 0 aliphatic carbocycles. The summed E-state index contributed by atoms with van der Waals surface area (Å²) in [7, 11) is 0. The highest BCUT2D eigenvalue weighted by molar-refractivity contribution is 6.07. The van der Waals surface area contributed by atoms with Crippen LogP contribution in [-0.4, -0.2) is 21.4 Å². The number of pyridine rings is 2. The van der Waals surface area contributed by atoms with Crippen molar-refractivity contribution >= 4 is 17.1 Å². The van der Waals surface area contributed by atoms with Crippen molar-refractivity contribution in [2.45, 2.75) is 40.2 Å². The van der Waals surface area contributed by atoms with Crippen LogP contribution in [0.3, 0.4) is 0 Å². The van der Waals surface area contributed by atoms with E-state index < -0.39 is 0 Å². The van der Waals surface area contributed by atoms with Crippen LogP contribution >= 0.6 is 0 Å². The number of benzene rings is 1. The van der Waals surface area contributed by atoms with Crippen LogP contribution in [0.1, 0.15) is 44.1 Å². The molecule has 0 fully saturated rings. The number of aliphatic imine (C=N–C) groups is 2. The second-order valence-corrected chi connectivity index (χ2v) is 7.43. The Kier molecular flexibility index (Phi) is 7.78. The lowest BCUT2D eigenvalue weighted by Crippen LogP contribution is -2.02. The largest absolute Gasteiger partial charge is 0.277 e. The fourth-order valence-electron chi connectivity index (χ4n) is 3.05. The fraction of sp³-hybridized carbons (Fsp3) is 0.231. The lowest BCUT2D eigenvalue weighted by molar-refractivity contribution is 0.988. The molecule has 4 heteroatoms. The summed E-state index contributed by atoms with van der Waals surface area (Å²) < 4.78 is 0. The van der Waals surface area contributed by atoms with Crippen molar-refractivity contribution < 1.29 is 0 Å². The second kappa shape index (κ2) is 11.0. The predicted octanol–water partition coefficient (Wildman–Crippen LogP) is 6.16. The van der Waals surface area contributed by atoms with Crippen LogP contribution in [0, 0.1) is 0 Å². The molecule has 4 rings (SSSR count). The van der Waals surface area contributed by atoms with Gasteiger partial charge in [0.1, 0.15) is 0 Å². The first-order valence-corrected chi connectivity index (χ1v) is 10.2. The molecule has 1 aliphatic heterocycles. The zero-order valence-corrected chi connectivity index (χ0v) is 17.9. The minimum Gasteiger partial charge on any atom is -0.277 e. The number of aromatic nitrogens is 2. The van der Waals surface area contributed by atoms with Crippen LogP contribution in [0.4, 0.5) is 5.69 Å². The van der Waals surface area contributed by atoms with Gasteiger partial charge in [-0.05, 0) is 75.6 Å². The van der Waals surface area contributed by atoms with Crippen molar-refractivity contribution in [3.05, 3.63) is 102 Å². The maximum atomic E-state index is 4.62. The van der Waals surface area contributed by atoms with Gasteiger partial charge in [-0.2, -0.15) is 0 Å². The highest BCUT2D eigenvalue weighted by Crippen LogP contribution is 2.24. The SMILES string of the molecule is CC(C)=CC(=NCc1ccccn1)c1ccccn1.CC1=Nc2ccccc2CC1. The van der Waals surface area contributed by atoms with Crippen molar-refractivity contribution in [2.24, 2.45) is 9.98 Å². The molecule has 152 valence electrons. The molecule has 3 heterocycles. The number of nitrogens with zero attached hydrogens (tertiary/aromatic N) is 4. The molecule has 0 radical (unpaired) electrons. The standard InChI is InChI=1S/C16H17N3.C10H11N/c1-13(2)11-16(15-8-4-6-10-18-15)19-12-14-7-3-5-9-17-14;1-8-6-7-9-4-2-3-5-10(9)11-8/h3-11H,12H2,1-2H3;2-5H,6-7H2,1H3. The third-order valence-electron chi connectivity index (χ3n) is 4.55. The molecule has 0 saturated heterocycles. The number of rotatable bonds is 4. The zero-order chi connectivity index (χ0) is 21.2. The summed E-state index contributed by atoms with van der Waals surface area (Å²) in [5.41, 5.74) is 7.74. The van der Waals surface area contributed by atoms with Gasteiger partial charge in [0, 0.05) is 18.1 Å². The lowest BCUT2D eigenvalue weighted by atomic mass is 10.0. The molecule has 0 spiro atoms. The van der Waals surface area contributed by atoms with Gasteiger partial charge >= 0.3 is 0 Å². The Morgan fingerprint density at radius 1 is 0.900 bits per heavy atom. The molecule has 0 unspecified atom stereocenters. The molecule has 1 aliphatic rings. The lowest BCUT2D eigenvalue weighted by Gasteiger charge is -2.11. The van der Waals surface area contributed by atoms with Crippen LogP contribution in [0.2, 0.25) is 0 Å². The highest BCUT2D eigenvalue weighted by Gasteiger charge is 2.06. The summed E-state index contributed by atoms with van der Waals surface area (Å²) in [6.45, 7) is 6.77. The van der Waals surface area contributed by atoms with Crippen molar-refractivity contribution in [1.29, 1.82) is 0 Å². The van der Waals surface area contributed by atoms with Gasteiger partial charge in [0.25, 0.3) is 0 Å². The zero-order valence-electron chi connectivity index (χ0n) is 17.9. The average molecular weight is 397 g/mol. The molecule has 2 aromatic heterocycles. The molecule has 3 aromatic rings. The Morgan fingerprint density at radius 2 is 1.63 bits per heavy atom.